The highest BCUT2D eigenvalue weighted by molar-refractivity contribution is 5.54. The largest absolute Gasteiger partial charge is 0.399 e. The van der Waals surface area contributed by atoms with Crippen LogP contribution in [0, 0.1) is 6.92 Å². The summed E-state index contributed by atoms with van der Waals surface area (Å²) >= 11 is 0. The third-order valence-corrected chi connectivity index (χ3v) is 3.59. The Kier molecular flexibility index (Phi) is 3.11. The predicted octanol–water partition coefficient (Wildman–Crippen LogP) is 3.14. The Balaban J connectivity index is 1.88. The number of pyridine rings is 1. The molecule has 2 N–H and O–H groups in total. The number of hydrogen-bond donors (Lipinski definition) is 1. The van der Waals surface area contributed by atoms with Gasteiger partial charge < -0.3 is 10.6 Å². The predicted molar refractivity (Wildman–Crippen MR) is 79.0 cm³/mol. The second-order valence-electron chi connectivity index (χ2n) is 5.27. The highest BCUT2D eigenvalue weighted by Crippen LogP contribution is 2.34. The highest BCUT2D eigenvalue weighted by Gasteiger charge is 2.30. The zero-order valence-corrected chi connectivity index (χ0v) is 11.2. The second kappa shape index (κ2) is 4.92. The van der Waals surface area contributed by atoms with Crippen LogP contribution in [0.1, 0.15) is 24.0 Å². The van der Waals surface area contributed by atoms with Crippen molar-refractivity contribution in [3.63, 3.8) is 0 Å². The number of aromatic nitrogens is 1. The molecule has 0 atom stereocenters. The van der Waals surface area contributed by atoms with Crippen LogP contribution in [-0.2, 0) is 6.54 Å². The summed E-state index contributed by atoms with van der Waals surface area (Å²) < 4.78 is 0. The van der Waals surface area contributed by atoms with Crippen molar-refractivity contribution in [2.75, 3.05) is 10.6 Å². The molecule has 2 aromatic rings. The van der Waals surface area contributed by atoms with E-state index in [1.54, 1.807) is 0 Å². The molecule has 1 aliphatic carbocycles. The van der Waals surface area contributed by atoms with Gasteiger partial charge in [-0.05, 0) is 49.1 Å². The summed E-state index contributed by atoms with van der Waals surface area (Å²) in [5.41, 5.74) is 10.5. The average molecular weight is 253 g/mol. The maximum atomic E-state index is 5.87. The Hall–Kier alpha value is -2.03. The third kappa shape index (κ3) is 2.70. The van der Waals surface area contributed by atoms with Gasteiger partial charge in [0.2, 0.25) is 0 Å². The van der Waals surface area contributed by atoms with Crippen molar-refractivity contribution >= 4 is 11.4 Å². The smallest absolute Gasteiger partial charge is 0.0433 e. The lowest BCUT2D eigenvalue weighted by molar-refractivity contribution is 0.790. The SMILES string of the molecule is Cc1cnccc1N(Cc1cccc(N)c1)C1CC1. The molecule has 1 saturated carbocycles. The summed E-state index contributed by atoms with van der Waals surface area (Å²) in [7, 11) is 0. The van der Waals surface area contributed by atoms with E-state index in [0.717, 1.165) is 12.2 Å². The molecule has 1 aromatic heterocycles. The van der Waals surface area contributed by atoms with Crippen molar-refractivity contribution in [1.29, 1.82) is 0 Å². The molecule has 1 heterocycles. The molecule has 98 valence electrons. The van der Waals surface area contributed by atoms with Crippen LogP contribution in [-0.4, -0.2) is 11.0 Å². The number of anilines is 2. The fourth-order valence-corrected chi connectivity index (χ4v) is 2.47. The number of nitrogen functional groups attached to an aromatic ring is 1. The van der Waals surface area contributed by atoms with Crippen LogP contribution in [0.4, 0.5) is 11.4 Å². The van der Waals surface area contributed by atoms with Crippen molar-refractivity contribution in [1.82, 2.24) is 4.98 Å². The first-order valence-electron chi connectivity index (χ1n) is 6.76. The van der Waals surface area contributed by atoms with E-state index in [1.807, 2.05) is 24.5 Å². The van der Waals surface area contributed by atoms with Crippen molar-refractivity contribution in [2.24, 2.45) is 0 Å². The van der Waals surface area contributed by atoms with E-state index in [9.17, 15) is 0 Å². The fourth-order valence-electron chi connectivity index (χ4n) is 2.47. The standard InChI is InChI=1S/C16H19N3/c1-12-10-18-8-7-16(12)19(15-5-6-15)11-13-3-2-4-14(17)9-13/h2-4,7-10,15H,5-6,11,17H2,1H3. The maximum Gasteiger partial charge on any atom is 0.0433 e. The molecule has 0 spiro atoms. The van der Waals surface area contributed by atoms with E-state index < -0.39 is 0 Å². The molecule has 0 bridgehead atoms. The maximum absolute atomic E-state index is 5.87. The van der Waals surface area contributed by atoms with Gasteiger partial charge in [0.25, 0.3) is 0 Å². The number of hydrogen-bond acceptors (Lipinski definition) is 3. The van der Waals surface area contributed by atoms with E-state index >= 15 is 0 Å². The Morgan fingerprint density at radius 1 is 1.32 bits per heavy atom. The number of nitrogens with zero attached hydrogens (tertiary/aromatic N) is 2. The molecule has 1 aliphatic rings. The minimum atomic E-state index is 0.669. The van der Waals surface area contributed by atoms with Crippen LogP contribution < -0.4 is 10.6 Å². The number of benzene rings is 1. The molecule has 1 aromatic carbocycles. The lowest BCUT2D eigenvalue weighted by Gasteiger charge is -2.26. The van der Waals surface area contributed by atoms with Gasteiger partial charge in [0.15, 0.2) is 0 Å². The summed E-state index contributed by atoms with van der Waals surface area (Å²) in [5, 5.41) is 0. The van der Waals surface area contributed by atoms with E-state index in [2.05, 4.69) is 35.0 Å². The van der Waals surface area contributed by atoms with Gasteiger partial charge in [-0.15, -0.1) is 0 Å². The lowest BCUT2D eigenvalue weighted by atomic mass is 10.1. The molecule has 0 unspecified atom stereocenters. The van der Waals surface area contributed by atoms with Gasteiger partial charge in [-0.1, -0.05) is 12.1 Å². The molecule has 0 aliphatic heterocycles. The molecular weight excluding hydrogens is 234 g/mol. The summed E-state index contributed by atoms with van der Waals surface area (Å²) in [5.74, 6) is 0. The number of rotatable bonds is 4. The van der Waals surface area contributed by atoms with Crippen molar-refractivity contribution in [2.45, 2.75) is 32.4 Å². The normalized spacial score (nSPS) is 14.4. The van der Waals surface area contributed by atoms with E-state index in [1.165, 1.54) is 29.7 Å². The van der Waals surface area contributed by atoms with Crippen LogP contribution in [0.5, 0.6) is 0 Å². The number of aryl methyl sites for hydroxylation is 1. The topological polar surface area (TPSA) is 42.2 Å². The third-order valence-electron chi connectivity index (χ3n) is 3.59. The van der Waals surface area contributed by atoms with Crippen LogP contribution in [0.25, 0.3) is 0 Å². The van der Waals surface area contributed by atoms with Crippen LogP contribution >= 0.6 is 0 Å². The zero-order chi connectivity index (χ0) is 13.2. The first-order valence-corrected chi connectivity index (χ1v) is 6.76. The quantitative estimate of drug-likeness (QED) is 0.851. The van der Waals surface area contributed by atoms with Gasteiger partial charge in [0, 0.05) is 36.4 Å². The Labute approximate surface area is 114 Å². The molecular formula is C16H19N3. The minimum Gasteiger partial charge on any atom is -0.399 e. The molecule has 3 rings (SSSR count). The van der Waals surface area contributed by atoms with Crippen molar-refractivity contribution in [3.05, 3.63) is 53.9 Å². The lowest BCUT2D eigenvalue weighted by Crippen LogP contribution is -2.25. The molecule has 1 fully saturated rings. The van der Waals surface area contributed by atoms with Crippen LogP contribution in [0.2, 0.25) is 0 Å². The van der Waals surface area contributed by atoms with Gasteiger partial charge in [-0.25, -0.2) is 0 Å². The van der Waals surface area contributed by atoms with Gasteiger partial charge in [0.1, 0.15) is 0 Å². The van der Waals surface area contributed by atoms with E-state index in [4.69, 9.17) is 5.73 Å². The molecule has 0 radical (unpaired) electrons. The zero-order valence-electron chi connectivity index (χ0n) is 11.2. The van der Waals surface area contributed by atoms with E-state index in [-0.39, 0.29) is 0 Å². The Bertz CT molecular complexity index is 576. The van der Waals surface area contributed by atoms with Crippen molar-refractivity contribution < 1.29 is 0 Å². The van der Waals surface area contributed by atoms with Crippen molar-refractivity contribution in [3.8, 4) is 0 Å². The van der Waals surface area contributed by atoms with Crippen LogP contribution in [0.3, 0.4) is 0 Å². The fraction of sp³-hybridized carbons (Fsp3) is 0.312. The first-order chi connectivity index (χ1) is 9.24. The Morgan fingerprint density at radius 2 is 2.16 bits per heavy atom. The average Bonchev–Trinajstić information content (AvgIpc) is 3.21. The molecule has 19 heavy (non-hydrogen) atoms. The summed E-state index contributed by atoms with van der Waals surface area (Å²) in [6.45, 7) is 3.04. The molecule has 0 saturated heterocycles. The van der Waals surface area contributed by atoms with Crippen LogP contribution in [0.15, 0.2) is 42.7 Å². The molecule has 3 nitrogen and oxygen atoms in total. The summed E-state index contributed by atoms with van der Waals surface area (Å²) in [6, 6.07) is 10.9. The molecule has 0 amide bonds. The molecule has 3 heteroatoms. The highest BCUT2D eigenvalue weighted by atomic mass is 15.2. The first kappa shape index (κ1) is 12.0. The summed E-state index contributed by atoms with van der Waals surface area (Å²) in [6.07, 6.45) is 6.37. The van der Waals surface area contributed by atoms with Gasteiger partial charge >= 0.3 is 0 Å². The van der Waals surface area contributed by atoms with E-state index in [0.29, 0.717) is 6.04 Å². The second-order valence-corrected chi connectivity index (χ2v) is 5.27. The van der Waals surface area contributed by atoms with Gasteiger partial charge in [-0.3, -0.25) is 4.98 Å². The van der Waals surface area contributed by atoms with Gasteiger partial charge in [-0.2, -0.15) is 0 Å². The Morgan fingerprint density at radius 3 is 2.84 bits per heavy atom. The minimum absolute atomic E-state index is 0.669. The monoisotopic (exact) mass is 253 g/mol. The number of nitrogens with two attached hydrogens (primary N) is 1. The van der Waals surface area contributed by atoms with Gasteiger partial charge in [0.05, 0.1) is 0 Å². The summed E-state index contributed by atoms with van der Waals surface area (Å²) in [4.78, 5) is 6.66.